The Labute approximate surface area is 122 Å². The molecule has 2 aromatic rings. The first-order valence-corrected chi connectivity index (χ1v) is 10.2. The van der Waals surface area contributed by atoms with Crippen molar-refractivity contribution in [2.45, 2.75) is 23.2 Å². The number of nitrogens with zero attached hydrogens (tertiary/aromatic N) is 2. The molecule has 0 aliphatic rings. The van der Waals surface area contributed by atoms with E-state index in [1.807, 2.05) is 34.0 Å². The molecular weight excluding hydrogens is 304 g/mol. The number of hydrogen-bond donors (Lipinski definition) is 2. The second-order valence-corrected chi connectivity index (χ2v) is 8.12. The van der Waals surface area contributed by atoms with E-state index < -0.39 is 0 Å². The van der Waals surface area contributed by atoms with Gasteiger partial charge in [0.1, 0.15) is 0 Å². The standard InChI is InChI=1S/C10H14N4S4/c1(7-15-17-9-11-3-4-12-9)2-8-16-18-10-13-5-6-14-10/h3-6H,1-2,7-8H2,(H,11,12)(H,13,14). The van der Waals surface area contributed by atoms with E-state index in [9.17, 15) is 0 Å². The molecule has 0 bridgehead atoms. The molecule has 0 atom stereocenters. The van der Waals surface area contributed by atoms with Gasteiger partial charge in [0.2, 0.25) is 0 Å². The van der Waals surface area contributed by atoms with Crippen LogP contribution in [-0.2, 0) is 0 Å². The summed E-state index contributed by atoms with van der Waals surface area (Å²) in [6, 6.07) is 0. The van der Waals surface area contributed by atoms with Crippen LogP contribution in [0.25, 0.3) is 0 Å². The van der Waals surface area contributed by atoms with E-state index in [2.05, 4.69) is 19.9 Å². The summed E-state index contributed by atoms with van der Waals surface area (Å²) in [6.07, 6.45) is 9.75. The lowest BCUT2D eigenvalue weighted by molar-refractivity contribution is 0.911. The van der Waals surface area contributed by atoms with E-state index in [0.29, 0.717) is 0 Å². The summed E-state index contributed by atoms with van der Waals surface area (Å²) < 4.78 is 0. The molecule has 8 heteroatoms. The first kappa shape index (κ1) is 14.2. The highest BCUT2D eigenvalue weighted by Crippen LogP contribution is 2.31. The third kappa shape index (κ3) is 5.64. The second-order valence-electron chi connectivity index (χ2n) is 3.31. The summed E-state index contributed by atoms with van der Waals surface area (Å²) in [4.78, 5) is 14.5. The van der Waals surface area contributed by atoms with Crippen molar-refractivity contribution in [3.63, 3.8) is 0 Å². The van der Waals surface area contributed by atoms with Gasteiger partial charge in [0.05, 0.1) is 0 Å². The molecule has 0 aliphatic carbocycles. The van der Waals surface area contributed by atoms with Gasteiger partial charge in [-0.05, 0) is 34.4 Å². The third-order valence-corrected chi connectivity index (χ3v) is 6.49. The Bertz CT molecular complexity index is 363. The monoisotopic (exact) mass is 318 g/mol. The Morgan fingerprint density at radius 1 is 0.833 bits per heavy atom. The van der Waals surface area contributed by atoms with Crippen molar-refractivity contribution in [1.29, 1.82) is 0 Å². The van der Waals surface area contributed by atoms with Gasteiger partial charge in [-0.15, -0.1) is 0 Å². The van der Waals surface area contributed by atoms with Crippen LogP contribution < -0.4 is 0 Å². The number of aromatic amines is 2. The van der Waals surface area contributed by atoms with E-state index >= 15 is 0 Å². The molecule has 2 heterocycles. The normalized spacial score (nSPS) is 10.9. The molecule has 0 aromatic carbocycles. The van der Waals surface area contributed by atoms with Crippen molar-refractivity contribution in [3.05, 3.63) is 24.8 Å². The molecular formula is C10H14N4S4. The summed E-state index contributed by atoms with van der Waals surface area (Å²) in [5.41, 5.74) is 0. The number of H-pyrrole nitrogens is 2. The Kier molecular flexibility index (Phi) is 6.99. The summed E-state index contributed by atoms with van der Waals surface area (Å²) in [5.74, 6) is 2.33. The van der Waals surface area contributed by atoms with Gasteiger partial charge in [0.25, 0.3) is 0 Å². The molecule has 4 nitrogen and oxygen atoms in total. The van der Waals surface area contributed by atoms with E-state index in [1.54, 1.807) is 34.0 Å². The van der Waals surface area contributed by atoms with Crippen molar-refractivity contribution in [3.8, 4) is 0 Å². The van der Waals surface area contributed by atoms with Crippen molar-refractivity contribution >= 4 is 43.2 Å². The smallest absolute Gasteiger partial charge is 0.176 e. The Morgan fingerprint density at radius 2 is 1.33 bits per heavy atom. The molecule has 2 aromatic heterocycles. The van der Waals surface area contributed by atoms with Gasteiger partial charge in [-0.2, -0.15) is 0 Å². The fraction of sp³-hybridized carbons (Fsp3) is 0.400. The maximum Gasteiger partial charge on any atom is 0.176 e. The minimum atomic E-state index is 0.989. The van der Waals surface area contributed by atoms with Crippen LogP contribution in [0.5, 0.6) is 0 Å². The highest BCUT2D eigenvalue weighted by molar-refractivity contribution is 8.77. The fourth-order valence-electron chi connectivity index (χ4n) is 1.11. The van der Waals surface area contributed by atoms with Gasteiger partial charge in [-0.3, -0.25) is 0 Å². The van der Waals surface area contributed by atoms with Crippen LogP contribution in [0.3, 0.4) is 0 Å². The minimum Gasteiger partial charge on any atom is -0.339 e. The Hall–Kier alpha value is -0.180. The zero-order valence-electron chi connectivity index (χ0n) is 9.67. The number of imidazole rings is 2. The molecule has 0 fully saturated rings. The van der Waals surface area contributed by atoms with Gasteiger partial charge in [0, 0.05) is 36.3 Å². The highest BCUT2D eigenvalue weighted by Gasteiger charge is 1.98. The molecule has 98 valence electrons. The first-order chi connectivity index (χ1) is 8.95. The molecule has 2 rings (SSSR count). The lowest BCUT2D eigenvalue weighted by Crippen LogP contribution is -1.82. The quantitative estimate of drug-likeness (QED) is 0.536. The van der Waals surface area contributed by atoms with E-state index in [4.69, 9.17) is 0 Å². The third-order valence-electron chi connectivity index (χ3n) is 1.93. The lowest BCUT2D eigenvalue weighted by atomic mass is 10.4. The largest absolute Gasteiger partial charge is 0.339 e. The van der Waals surface area contributed by atoms with Crippen molar-refractivity contribution < 1.29 is 0 Å². The zero-order valence-corrected chi connectivity index (χ0v) is 12.9. The maximum atomic E-state index is 4.16. The molecule has 0 radical (unpaired) electrons. The van der Waals surface area contributed by atoms with Gasteiger partial charge in [0.15, 0.2) is 10.3 Å². The first-order valence-electron chi connectivity index (χ1n) is 5.53. The van der Waals surface area contributed by atoms with Gasteiger partial charge >= 0.3 is 0 Å². The number of nitrogens with one attached hydrogen (secondary N) is 2. The van der Waals surface area contributed by atoms with E-state index in [-0.39, 0.29) is 0 Å². The van der Waals surface area contributed by atoms with Crippen molar-refractivity contribution in [2.75, 3.05) is 11.5 Å². The summed E-state index contributed by atoms with van der Waals surface area (Å²) in [5, 5.41) is 1.98. The number of rotatable bonds is 9. The highest BCUT2D eigenvalue weighted by atomic mass is 33.1. The molecule has 18 heavy (non-hydrogen) atoms. The SMILES string of the molecule is c1c[nH]c(SSCCCCSSc2ncc[nH]2)n1. The average molecular weight is 319 g/mol. The molecule has 0 unspecified atom stereocenters. The molecule has 2 N–H and O–H groups in total. The maximum absolute atomic E-state index is 4.16. The van der Waals surface area contributed by atoms with Crippen LogP contribution >= 0.6 is 43.2 Å². The van der Waals surface area contributed by atoms with Crippen LogP contribution in [-0.4, -0.2) is 31.4 Å². The molecule has 0 spiro atoms. The topological polar surface area (TPSA) is 57.4 Å². The van der Waals surface area contributed by atoms with E-state index in [1.165, 1.54) is 12.8 Å². The number of unbranched alkanes of at least 4 members (excludes halogenated alkanes) is 1. The van der Waals surface area contributed by atoms with Crippen LogP contribution in [0.15, 0.2) is 35.1 Å². The van der Waals surface area contributed by atoms with Gasteiger partial charge in [-0.1, -0.05) is 21.6 Å². The van der Waals surface area contributed by atoms with Gasteiger partial charge < -0.3 is 9.97 Å². The van der Waals surface area contributed by atoms with Gasteiger partial charge in [-0.25, -0.2) is 9.97 Å². The minimum absolute atomic E-state index is 0.989. The summed E-state index contributed by atoms with van der Waals surface area (Å²) >= 11 is 0. The zero-order chi connectivity index (χ0) is 12.5. The van der Waals surface area contributed by atoms with E-state index in [0.717, 1.165) is 21.8 Å². The molecule has 0 saturated heterocycles. The predicted octanol–water partition coefficient (Wildman–Crippen LogP) is 4.09. The van der Waals surface area contributed by atoms with Crippen LogP contribution in [0.4, 0.5) is 0 Å². The summed E-state index contributed by atoms with van der Waals surface area (Å²) in [7, 11) is 7.13. The molecule has 0 aliphatic heterocycles. The number of hydrogen-bond acceptors (Lipinski definition) is 6. The fourth-order valence-corrected chi connectivity index (χ4v) is 5.01. The predicted molar refractivity (Wildman–Crippen MR) is 83.0 cm³/mol. The van der Waals surface area contributed by atoms with Crippen LogP contribution in [0, 0.1) is 0 Å². The summed E-state index contributed by atoms with van der Waals surface area (Å²) in [6.45, 7) is 0. The van der Waals surface area contributed by atoms with Crippen LogP contribution in [0.1, 0.15) is 12.8 Å². The Morgan fingerprint density at radius 3 is 1.72 bits per heavy atom. The van der Waals surface area contributed by atoms with Crippen LogP contribution in [0.2, 0.25) is 0 Å². The number of aromatic nitrogens is 4. The molecule has 0 amide bonds. The second kappa shape index (κ2) is 8.84. The Balaban J connectivity index is 1.40. The van der Waals surface area contributed by atoms with Crippen molar-refractivity contribution in [2.24, 2.45) is 0 Å². The lowest BCUT2D eigenvalue weighted by Gasteiger charge is -1.99. The average Bonchev–Trinajstić information content (AvgIpc) is 3.05. The van der Waals surface area contributed by atoms with Crippen molar-refractivity contribution in [1.82, 2.24) is 19.9 Å². The molecule has 0 saturated carbocycles.